The van der Waals surface area contributed by atoms with E-state index in [1.807, 2.05) is 38.7 Å². The van der Waals surface area contributed by atoms with Gasteiger partial charge < -0.3 is 19.3 Å². The number of carbonyl (C=O) groups excluding carboxylic acids is 2. The molecule has 0 unspecified atom stereocenters. The van der Waals surface area contributed by atoms with E-state index in [2.05, 4.69) is 21.9 Å². The Hall–Kier alpha value is -1.99. The lowest BCUT2D eigenvalue weighted by atomic mass is 9.78. The van der Waals surface area contributed by atoms with E-state index in [9.17, 15) is 9.59 Å². The van der Waals surface area contributed by atoms with E-state index in [-0.39, 0.29) is 23.4 Å². The molecule has 3 heterocycles. The van der Waals surface area contributed by atoms with Crippen LogP contribution in [0.1, 0.15) is 65.4 Å². The Morgan fingerprint density at radius 3 is 2.36 bits per heavy atom. The van der Waals surface area contributed by atoms with Crippen LogP contribution in [0.3, 0.4) is 0 Å². The van der Waals surface area contributed by atoms with Gasteiger partial charge in [0.2, 0.25) is 0 Å². The number of likely N-dealkylation sites (tertiary alicyclic amines) is 2. The Labute approximate surface area is 221 Å². The second-order valence-electron chi connectivity index (χ2n) is 11.7. The molecule has 3 aliphatic heterocycles. The lowest BCUT2D eigenvalue weighted by molar-refractivity contribution is -0.148. The molecule has 1 aromatic carbocycles. The van der Waals surface area contributed by atoms with Gasteiger partial charge in [0.1, 0.15) is 5.60 Å². The lowest BCUT2D eigenvalue weighted by Gasteiger charge is -2.39. The molecule has 0 aliphatic carbocycles. The number of halogens is 1. The topological polar surface area (TPSA) is 62.3 Å². The Balaban J connectivity index is 1.34. The SMILES string of the molecule is CCOC(=O)C1CCN(c2cc(Cl)ccc2CN2CCC3(CCN(C(=O)OC(C)(C)C)CC3)C2)CC1. The molecule has 1 spiro atoms. The quantitative estimate of drug-likeness (QED) is 0.489. The summed E-state index contributed by atoms with van der Waals surface area (Å²) in [5.41, 5.74) is 2.30. The number of rotatable bonds is 5. The van der Waals surface area contributed by atoms with Gasteiger partial charge in [-0.2, -0.15) is 0 Å². The van der Waals surface area contributed by atoms with Gasteiger partial charge in [-0.25, -0.2) is 4.79 Å². The second kappa shape index (κ2) is 11.2. The van der Waals surface area contributed by atoms with Gasteiger partial charge in [-0.15, -0.1) is 0 Å². The molecule has 0 radical (unpaired) electrons. The van der Waals surface area contributed by atoms with E-state index in [0.29, 0.717) is 6.61 Å². The largest absolute Gasteiger partial charge is 0.466 e. The maximum atomic E-state index is 12.5. The molecule has 200 valence electrons. The maximum absolute atomic E-state index is 12.5. The number of nitrogens with zero attached hydrogens (tertiary/aromatic N) is 3. The first-order valence-corrected chi connectivity index (χ1v) is 13.9. The molecule has 36 heavy (non-hydrogen) atoms. The molecular formula is C28H42ClN3O4. The van der Waals surface area contributed by atoms with Gasteiger partial charge in [-0.1, -0.05) is 17.7 Å². The molecule has 1 amide bonds. The fraction of sp³-hybridized carbons (Fsp3) is 0.714. The first-order valence-electron chi connectivity index (χ1n) is 13.5. The molecule has 7 nitrogen and oxygen atoms in total. The first-order chi connectivity index (χ1) is 17.1. The van der Waals surface area contributed by atoms with Crippen LogP contribution in [0.5, 0.6) is 0 Å². The molecule has 0 aromatic heterocycles. The summed E-state index contributed by atoms with van der Waals surface area (Å²) >= 11 is 6.41. The van der Waals surface area contributed by atoms with Crippen LogP contribution in [-0.2, 0) is 20.8 Å². The minimum Gasteiger partial charge on any atom is -0.466 e. The summed E-state index contributed by atoms with van der Waals surface area (Å²) in [6.45, 7) is 14.3. The van der Waals surface area contributed by atoms with E-state index in [0.717, 1.165) is 76.5 Å². The zero-order valence-corrected chi connectivity index (χ0v) is 23.1. The zero-order valence-electron chi connectivity index (χ0n) is 22.4. The molecule has 0 bridgehead atoms. The number of hydrogen-bond acceptors (Lipinski definition) is 6. The van der Waals surface area contributed by atoms with Crippen molar-refractivity contribution in [1.82, 2.24) is 9.80 Å². The van der Waals surface area contributed by atoms with Crippen molar-refractivity contribution in [2.24, 2.45) is 11.3 Å². The number of ether oxygens (including phenoxy) is 2. The van der Waals surface area contributed by atoms with Crippen molar-refractivity contribution in [1.29, 1.82) is 0 Å². The monoisotopic (exact) mass is 519 g/mol. The Bertz CT molecular complexity index is 931. The number of esters is 1. The molecule has 3 saturated heterocycles. The fourth-order valence-electron chi connectivity index (χ4n) is 5.88. The minimum atomic E-state index is -0.458. The fourth-order valence-corrected chi connectivity index (χ4v) is 6.05. The molecule has 1 aromatic rings. The summed E-state index contributed by atoms with van der Waals surface area (Å²) in [6.07, 6.45) is 4.65. The lowest BCUT2D eigenvalue weighted by Crippen LogP contribution is -2.46. The second-order valence-corrected chi connectivity index (χ2v) is 12.2. The average molecular weight is 520 g/mol. The van der Waals surface area contributed by atoms with Crippen molar-refractivity contribution in [3.63, 3.8) is 0 Å². The molecule has 3 aliphatic rings. The van der Waals surface area contributed by atoms with E-state index >= 15 is 0 Å². The first kappa shape index (κ1) is 27.1. The molecule has 8 heteroatoms. The standard InChI is InChI=1S/C28H42ClN3O4/c1-5-35-25(33)21-8-13-31(14-9-21)24-18-23(29)7-6-22(24)19-30-15-10-28(20-30)11-16-32(17-12-28)26(34)36-27(2,3)4/h6-7,18,21H,5,8-17,19-20H2,1-4H3. The molecular weight excluding hydrogens is 478 g/mol. The number of carbonyl (C=O) groups is 2. The van der Waals surface area contributed by atoms with Gasteiger partial charge in [-0.3, -0.25) is 9.69 Å². The van der Waals surface area contributed by atoms with Crippen LogP contribution in [0, 0.1) is 11.3 Å². The highest BCUT2D eigenvalue weighted by molar-refractivity contribution is 6.30. The van der Waals surface area contributed by atoms with Gasteiger partial charge in [-0.05, 0) is 89.5 Å². The third-order valence-electron chi connectivity index (χ3n) is 7.89. The zero-order chi connectivity index (χ0) is 25.9. The maximum Gasteiger partial charge on any atom is 0.410 e. The molecule has 0 N–H and O–H groups in total. The third-order valence-corrected chi connectivity index (χ3v) is 8.13. The molecule has 3 fully saturated rings. The van der Waals surface area contributed by atoms with E-state index in [4.69, 9.17) is 21.1 Å². The Kier molecular flexibility index (Phi) is 8.40. The Morgan fingerprint density at radius 1 is 1.06 bits per heavy atom. The van der Waals surface area contributed by atoms with E-state index < -0.39 is 5.60 Å². The minimum absolute atomic E-state index is 0.00572. The highest BCUT2D eigenvalue weighted by Crippen LogP contribution is 2.42. The predicted molar refractivity (Wildman–Crippen MR) is 142 cm³/mol. The van der Waals surface area contributed by atoms with Gasteiger partial charge in [0.05, 0.1) is 12.5 Å². The summed E-state index contributed by atoms with van der Waals surface area (Å²) in [5, 5.41) is 0.744. The predicted octanol–water partition coefficient (Wildman–Crippen LogP) is 5.34. The van der Waals surface area contributed by atoms with Crippen LogP contribution < -0.4 is 4.90 Å². The van der Waals surface area contributed by atoms with Crippen molar-refractivity contribution in [2.45, 2.75) is 71.9 Å². The molecule has 0 atom stereocenters. The summed E-state index contributed by atoms with van der Waals surface area (Å²) < 4.78 is 10.8. The number of piperidine rings is 2. The third kappa shape index (κ3) is 6.65. The summed E-state index contributed by atoms with van der Waals surface area (Å²) in [4.78, 5) is 31.4. The van der Waals surface area contributed by atoms with Crippen molar-refractivity contribution in [2.75, 3.05) is 50.8 Å². The highest BCUT2D eigenvalue weighted by atomic mass is 35.5. The van der Waals surface area contributed by atoms with Crippen molar-refractivity contribution in [3.8, 4) is 0 Å². The van der Waals surface area contributed by atoms with Gasteiger partial charge >= 0.3 is 12.1 Å². The Morgan fingerprint density at radius 2 is 1.72 bits per heavy atom. The number of hydrogen-bond donors (Lipinski definition) is 0. The van der Waals surface area contributed by atoms with Crippen LogP contribution in [0.25, 0.3) is 0 Å². The van der Waals surface area contributed by atoms with Crippen LogP contribution in [0.2, 0.25) is 5.02 Å². The van der Waals surface area contributed by atoms with Gasteiger partial charge in [0, 0.05) is 50.0 Å². The number of anilines is 1. The van der Waals surface area contributed by atoms with Crippen LogP contribution in [0.4, 0.5) is 10.5 Å². The van der Waals surface area contributed by atoms with Crippen molar-refractivity contribution >= 4 is 29.4 Å². The van der Waals surface area contributed by atoms with E-state index in [1.165, 1.54) is 17.7 Å². The normalized spacial score (nSPS) is 21.1. The van der Waals surface area contributed by atoms with Crippen LogP contribution in [0.15, 0.2) is 18.2 Å². The molecule has 4 rings (SSSR count). The number of amides is 1. The highest BCUT2D eigenvalue weighted by Gasteiger charge is 2.42. The summed E-state index contributed by atoms with van der Waals surface area (Å²) in [6, 6.07) is 6.22. The van der Waals surface area contributed by atoms with E-state index in [1.54, 1.807) is 0 Å². The van der Waals surface area contributed by atoms with Crippen molar-refractivity contribution < 1.29 is 19.1 Å². The van der Waals surface area contributed by atoms with Crippen molar-refractivity contribution in [3.05, 3.63) is 28.8 Å². The molecule has 0 saturated carbocycles. The van der Waals surface area contributed by atoms with Crippen LogP contribution >= 0.6 is 11.6 Å². The summed E-state index contributed by atoms with van der Waals surface area (Å²) in [5.74, 6) is -0.0719. The number of benzene rings is 1. The van der Waals surface area contributed by atoms with Crippen LogP contribution in [-0.4, -0.2) is 73.3 Å². The summed E-state index contributed by atoms with van der Waals surface area (Å²) in [7, 11) is 0. The van der Waals surface area contributed by atoms with Gasteiger partial charge in [0.15, 0.2) is 0 Å². The smallest absolute Gasteiger partial charge is 0.410 e. The average Bonchev–Trinajstić information content (AvgIpc) is 3.21. The van der Waals surface area contributed by atoms with Gasteiger partial charge in [0.25, 0.3) is 0 Å².